The largest absolute Gasteiger partial charge is 0.417 e. The number of hydrogen-bond donors (Lipinski definition) is 1. The lowest BCUT2D eigenvalue weighted by Crippen LogP contribution is -2.39. The van der Waals surface area contributed by atoms with Gasteiger partial charge in [0.1, 0.15) is 6.33 Å². The molecule has 2 heterocycles. The zero-order chi connectivity index (χ0) is 17.3. The van der Waals surface area contributed by atoms with Crippen molar-refractivity contribution in [2.75, 3.05) is 11.9 Å². The number of carbonyl (C=O) groups excluding carboxylic acids is 1. The van der Waals surface area contributed by atoms with Gasteiger partial charge in [-0.3, -0.25) is 0 Å². The van der Waals surface area contributed by atoms with Crippen molar-refractivity contribution in [3.05, 3.63) is 52.6 Å². The van der Waals surface area contributed by atoms with Crippen LogP contribution in [-0.4, -0.2) is 27.4 Å². The Labute approximate surface area is 140 Å². The zero-order valence-electron chi connectivity index (χ0n) is 12.3. The minimum absolute atomic E-state index is 0.0341. The topological polar surface area (TPSA) is 58.1 Å². The Kier molecular flexibility index (Phi) is 4.31. The molecular weight excluding hydrogens is 345 g/mol. The molecular formula is C15H12ClF3N4O. The molecule has 0 aliphatic carbocycles. The number of nitrogens with zero attached hydrogens (tertiary/aromatic N) is 3. The molecule has 0 spiro atoms. The van der Waals surface area contributed by atoms with Gasteiger partial charge >= 0.3 is 12.2 Å². The molecule has 0 radical (unpaired) electrons. The summed E-state index contributed by atoms with van der Waals surface area (Å²) in [4.78, 5) is 21.8. The number of carbonyl (C=O) groups is 1. The third-order valence-electron chi connectivity index (χ3n) is 3.67. The molecule has 3 rings (SSSR count). The minimum atomic E-state index is -4.58. The number of anilines is 1. The van der Waals surface area contributed by atoms with Gasteiger partial charge in [-0.15, -0.1) is 0 Å². The summed E-state index contributed by atoms with van der Waals surface area (Å²) in [5.41, 5.74) is 0.747. The van der Waals surface area contributed by atoms with E-state index in [2.05, 4.69) is 15.3 Å². The summed E-state index contributed by atoms with van der Waals surface area (Å²) in [5, 5.41) is 2.06. The first-order valence-corrected chi connectivity index (χ1v) is 7.43. The lowest BCUT2D eigenvalue weighted by Gasteiger charge is -2.28. The first-order chi connectivity index (χ1) is 11.3. The third kappa shape index (κ3) is 3.43. The first-order valence-electron chi connectivity index (χ1n) is 7.05. The summed E-state index contributed by atoms with van der Waals surface area (Å²) in [6, 6.07) is 2.77. The lowest BCUT2D eigenvalue weighted by molar-refractivity contribution is -0.137. The van der Waals surface area contributed by atoms with E-state index in [1.165, 1.54) is 17.3 Å². The van der Waals surface area contributed by atoms with Crippen LogP contribution in [0.2, 0.25) is 5.02 Å². The maximum Gasteiger partial charge on any atom is 0.417 e. The average molecular weight is 357 g/mol. The van der Waals surface area contributed by atoms with Crippen molar-refractivity contribution in [3.8, 4) is 0 Å². The summed E-state index contributed by atoms with van der Waals surface area (Å²) in [6.45, 7) is 0.733. The smallest absolute Gasteiger partial charge is 0.320 e. The fourth-order valence-corrected chi connectivity index (χ4v) is 2.69. The van der Waals surface area contributed by atoms with Crippen molar-refractivity contribution in [1.82, 2.24) is 14.9 Å². The number of aromatic nitrogens is 2. The minimum Gasteiger partial charge on any atom is -0.320 e. The van der Waals surface area contributed by atoms with Crippen LogP contribution in [-0.2, 0) is 19.1 Å². The van der Waals surface area contributed by atoms with Crippen LogP contribution in [0.15, 0.2) is 30.7 Å². The number of urea groups is 1. The number of alkyl halides is 3. The molecule has 0 saturated heterocycles. The zero-order valence-corrected chi connectivity index (χ0v) is 13.0. The molecule has 2 aromatic rings. The molecule has 24 heavy (non-hydrogen) atoms. The molecule has 1 aliphatic rings. The standard InChI is InChI=1S/C15H12ClF3N4O/c16-12-2-1-10(5-11(12)15(17,18)19)22-14(24)23-4-3-13-9(7-23)6-20-8-21-13/h1-2,5-6,8H,3-4,7H2,(H,22,24). The fraction of sp³-hybridized carbons (Fsp3) is 0.267. The summed E-state index contributed by atoms with van der Waals surface area (Å²) in [5.74, 6) is 0. The molecule has 126 valence electrons. The molecule has 9 heteroatoms. The third-order valence-corrected chi connectivity index (χ3v) is 4.00. The quantitative estimate of drug-likeness (QED) is 0.846. The van der Waals surface area contributed by atoms with Crippen LogP contribution < -0.4 is 5.32 Å². The van der Waals surface area contributed by atoms with E-state index in [1.54, 1.807) is 6.20 Å². The number of halogens is 4. The first kappa shape index (κ1) is 16.5. The Morgan fingerprint density at radius 1 is 1.33 bits per heavy atom. The van der Waals surface area contributed by atoms with Crippen molar-refractivity contribution >= 4 is 23.3 Å². The van der Waals surface area contributed by atoms with Gasteiger partial charge in [-0.05, 0) is 18.2 Å². The fourth-order valence-electron chi connectivity index (χ4n) is 2.46. The normalized spacial score (nSPS) is 14.2. The number of fused-ring (bicyclic) bond motifs is 1. The number of benzene rings is 1. The Balaban J connectivity index is 1.74. The number of rotatable bonds is 1. The van der Waals surface area contributed by atoms with Crippen LogP contribution in [0.4, 0.5) is 23.7 Å². The Hall–Kier alpha value is -2.35. The molecule has 1 N–H and O–H groups in total. The summed E-state index contributed by atoms with van der Waals surface area (Å²) in [7, 11) is 0. The van der Waals surface area contributed by atoms with Crippen LogP contribution in [0.5, 0.6) is 0 Å². The van der Waals surface area contributed by atoms with Crippen molar-refractivity contribution in [1.29, 1.82) is 0 Å². The van der Waals surface area contributed by atoms with Gasteiger partial charge in [-0.1, -0.05) is 11.6 Å². The van der Waals surface area contributed by atoms with E-state index in [1.807, 2.05) is 0 Å². The number of hydrogen-bond acceptors (Lipinski definition) is 3. The van der Waals surface area contributed by atoms with Gasteiger partial charge in [0.15, 0.2) is 0 Å². The van der Waals surface area contributed by atoms with Crippen molar-refractivity contribution in [2.45, 2.75) is 19.1 Å². The molecule has 1 aliphatic heterocycles. The van der Waals surface area contributed by atoms with E-state index < -0.39 is 22.8 Å². The van der Waals surface area contributed by atoms with Gasteiger partial charge in [0.25, 0.3) is 0 Å². The molecule has 0 saturated carbocycles. The molecule has 2 amide bonds. The van der Waals surface area contributed by atoms with Gasteiger partial charge in [0.2, 0.25) is 0 Å². The van der Waals surface area contributed by atoms with E-state index >= 15 is 0 Å². The van der Waals surface area contributed by atoms with E-state index in [0.29, 0.717) is 19.5 Å². The second-order valence-electron chi connectivity index (χ2n) is 5.29. The molecule has 0 bridgehead atoms. The van der Waals surface area contributed by atoms with Gasteiger partial charge < -0.3 is 10.2 Å². The van der Waals surface area contributed by atoms with Gasteiger partial charge in [-0.2, -0.15) is 13.2 Å². The Morgan fingerprint density at radius 3 is 2.88 bits per heavy atom. The molecule has 0 atom stereocenters. The summed E-state index contributed by atoms with van der Waals surface area (Å²) in [6.07, 6.45) is -0.939. The van der Waals surface area contributed by atoms with Crippen molar-refractivity contribution in [2.24, 2.45) is 0 Å². The monoisotopic (exact) mass is 356 g/mol. The van der Waals surface area contributed by atoms with Gasteiger partial charge in [0.05, 0.1) is 22.8 Å². The van der Waals surface area contributed by atoms with E-state index in [9.17, 15) is 18.0 Å². The maximum absolute atomic E-state index is 12.9. The SMILES string of the molecule is O=C(Nc1ccc(Cl)c(C(F)(F)F)c1)N1CCc2ncncc2C1. The molecule has 1 aromatic carbocycles. The van der Waals surface area contributed by atoms with Crippen LogP contribution in [0.1, 0.15) is 16.8 Å². The Bertz CT molecular complexity index is 782. The maximum atomic E-state index is 12.9. The van der Waals surface area contributed by atoms with Crippen LogP contribution in [0.3, 0.4) is 0 Å². The predicted molar refractivity (Wildman–Crippen MR) is 81.6 cm³/mol. The highest BCUT2D eigenvalue weighted by Gasteiger charge is 2.33. The van der Waals surface area contributed by atoms with E-state index in [-0.39, 0.29) is 5.69 Å². The average Bonchev–Trinajstić information content (AvgIpc) is 2.55. The molecule has 5 nitrogen and oxygen atoms in total. The second kappa shape index (κ2) is 6.27. The van der Waals surface area contributed by atoms with E-state index in [4.69, 9.17) is 11.6 Å². The molecule has 0 unspecified atom stereocenters. The Morgan fingerprint density at radius 2 is 2.12 bits per heavy atom. The molecule has 1 aromatic heterocycles. The highest BCUT2D eigenvalue weighted by atomic mass is 35.5. The van der Waals surface area contributed by atoms with Crippen LogP contribution in [0.25, 0.3) is 0 Å². The second-order valence-corrected chi connectivity index (χ2v) is 5.70. The van der Waals surface area contributed by atoms with E-state index in [0.717, 1.165) is 23.4 Å². The number of nitrogens with one attached hydrogen (secondary N) is 1. The molecule has 0 fully saturated rings. The van der Waals surface area contributed by atoms with Crippen molar-refractivity contribution < 1.29 is 18.0 Å². The summed E-state index contributed by atoms with van der Waals surface area (Å²) < 4.78 is 38.6. The predicted octanol–water partition coefficient (Wildman–Crippen LogP) is 3.74. The van der Waals surface area contributed by atoms with Gasteiger partial charge in [-0.25, -0.2) is 14.8 Å². The van der Waals surface area contributed by atoms with Crippen molar-refractivity contribution in [3.63, 3.8) is 0 Å². The van der Waals surface area contributed by atoms with Crippen LogP contribution in [0, 0.1) is 0 Å². The van der Waals surface area contributed by atoms with Gasteiger partial charge in [0, 0.05) is 30.4 Å². The van der Waals surface area contributed by atoms with Crippen LogP contribution >= 0.6 is 11.6 Å². The number of amides is 2. The lowest BCUT2D eigenvalue weighted by atomic mass is 10.1. The highest BCUT2D eigenvalue weighted by Crippen LogP contribution is 2.36. The summed E-state index contributed by atoms with van der Waals surface area (Å²) >= 11 is 5.57. The highest BCUT2D eigenvalue weighted by molar-refractivity contribution is 6.31.